The van der Waals surface area contributed by atoms with E-state index in [-0.39, 0.29) is 17.5 Å². The molecule has 2 aromatic carbocycles. The molecule has 1 heterocycles. The Bertz CT molecular complexity index is 933. The Balaban J connectivity index is 1.71. The lowest BCUT2D eigenvalue weighted by Gasteiger charge is -2.14. The van der Waals surface area contributed by atoms with Gasteiger partial charge in [0.2, 0.25) is 0 Å². The van der Waals surface area contributed by atoms with Crippen LogP contribution in [0.1, 0.15) is 34.2 Å². The quantitative estimate of drug-likeness (QED) is 0.719. The molecule has 0 fully saturated rings. The van der Waals surface area contributed by atoms with Gasteiger partial charge in [0.15, 0.2) is 5.76 Å². The summed E-state index contributed by atoms with van der Waals surface area (Å²) >= 11 is 0. The summed E-state index contributed by atoms with van der Waals surface area (Å²) in [5.74, 6) is -0.412. The molecule has 136 valence electrons. The summed E-state index contributed by atoms with van der Waals surface area (Å²) in [6.07, 6.45) is 0. The average Bonchev–Trinajstić information content (AvgIpc) is 2.96. The number of carbonyl (C=O) groups is 1. The van der Waals surface area contributed by atoms with Gasteiger partial charge in [0, 0.05) is 24.0 Å². The third kappa shape index (κ3) is 3.94. The molecule has 3 aromatic rings. The number of furan rings is 1. The van der Waals surface area contributed by atoms with Crippen molar-refractivity contribution in [3.8, 4) is 0 Å². The van der Waals surface area contributed by atoms with Crippen LogP contribution in [0.4, 0.5) is 4.39 Å². The van der Waals surface area contributed by atoms with Crippen LogP contribution in [0.3, 0.4) is 0 Å². The monoisotopic (exact) mass is 354 g/mol. The summed E-state index contributed by atoms with van der Waals surface area (Å²) in [4.78, 5) is 14.7. The van der Waals surface area contributed by atoms with Gasteiger partial charge in [0.25, 0.3) is 5.91 Å². The molecule has 0 radical (unpaired) electrons. The number of carbonyl (C=O) groups excluding carboxylic acids is 1. The van der Waals surface area contributed by atoms with Gasteiger partial charge in [-0.15, -0.1) is 0 Å². The van der Waals surface area contributed by atoms with Gasteiger partial charge in [-0.3, -0.25) is 4.79 Å². The average molecular weight is 354 g/mol. The smallest absolute Gasteiger partial charge is 0.287 e. The number of halogens is 1. The van der Waals surface area contributed by atoms with E-state index in [1.165, 1.54) is 17.7 Å². The molecule has 1 N–H and O–H groups in total. The summed E-state index contributed by atoms with van der Waals surface area (Å²) in [7, 11) is 2.07. The van der Waals surface area contributed by atoms with Crippen LogP contribution in [-0.2, 0) is 13.1 Å². The molecule has 26 heavy (non-hydrogen) atoms. The predicted molar refractivity (Wildman–Crippen MR) is 101 cm³/mol. The first kappa shape index (κ1) is 18.1. The Labute approximate surface area is 152 Å². The predicted octanol–water partition coefficient (Wildman–Crippen LogP) is 4.26. The zero-order chi connectivity index (χ0) is 18.7. The van der Waals surface area contributed by atoms with E-state index in [9.17, 15) is 9.18 Å². The number of hydrogen-bond donors (Lipinski definition) is 1. The molecule has 0 aliphatic rings. The number of amides is 1. The molecular formula is C21H23FN2O2. The first-order valence-corrected chi connectivity index (χ1v) is 8.71. The highest BCUT2D eigenvalue weighted by molar-refractivity contribution is 5.98. The molecule has 0 spiro atoms. The second kappa shape index (κ2) is 7.70. The molecule has 0 aliphatic carbocycles. The van der Waals surface area contributed by atoms with E-state index in [1.807, 2.05) is 12.1 Å². The van der Waals surface area contributed by atoms with Crippen LogP contribution in [0.15, 0.2) is 46.9 Å². The molecule has 0 saturated carbocycles. The number of nitrogens with one attached hydrogen (secondary N) is 1. The summed E-state index contributed by atoms with van der Waals surface area (Å²) in [6.45, 7) is 6.14. The van der Waals surface area contributed by atoms with Crippen molar-refractivity contribution >= 4 is 16.9 Å². The highest BCUT2D eigenvalue weighted by atomic mass is 19.1. The van der Waals surface area contributed by atoms with Gasteiger partial charge in [-0.2, -0.15) is 0 Å². The van der Waals surface area contributed by atoms with E-state index in [1.54, 1.807) is 13.0 Å². The lowest BCUT2D eigenvalue weighted by Crippen LogP contribution is -2.23. The Hall–Kier alpha value is -2.66. The molecule has 1 amide bonds. The van der Waals surface area contributed by atoms with E-state index in [0.717, 1.165) is 18.7 Å². The Kier molecular flexibility index (Phi) is 5.38. The first-order valence-electron chi connectivity index (χ1n) is 8.71. The highest BCUT2D eigenvalue weighted by Crippen LogP contribution is 2.26. The van der Waals surface area contributed by atoms with Crippen LogP contribution >= 0.6 is 0 Å². The van der Waals surface area contributed by atoms with Crippen LogP contribution < -0.4 is 5.32 Å². The van der Waals surface area contributed by atoms with E-state index in [4.69, 9.17) is 4.42 Å². The number of nitrogens with zero attached hydrogens (tertiary/aromatic N) is 1. The molecule has 1 aromatic heterocycles. The lowest BCUT2D eigenvalue weighted by molar-refractivity contribution is 0.0924. The van der Waals surface area contributed by atoms with Gasteiger partial charge in [0.05, 0.1) is 0 Å². The minimum Gasteiger partial charge on any atom is -0.451 e. The summed E-state index contributed by atoms with van der Waals surface area (Å²) in [5, 5.41) is 3.51. The third-order valence-electron chi connectivity index (χ3n) is 4.54. The maximum Gasteiger partial charge on any atom is 0.287 e. The largest absolute Gasteiger partial charge is 0.451 e. The van der Waals surface area contributed by atoms with Crippen LogP contribution in [0.5, 0.6) is 0 Å². The van der Waals surface area contributed by atoms with E-state index >= 15 is 0 Å². The van der Waals surface area contributed by atoms with E-state index < -0.39 is 0 Å². The maximum absolute atomic E-state index is 13.4. The Morgan fingerprint density at radius 2 is 1.96 bits per heavy atom. The standard InChI is InChI=1S/C21H23FN2O2/c1-4-24(3)13-16-7-5-6-15(10-16)12-23-21(25)20-14(2)18-11-17(22)8-9-19(18)26-20/h5-11H,4,12-13H2,1-3H3,(H,23,25). The van der Waals surface area contributed by atoms with Crippen LogP contribution in [-0.4, -0.2) is 24.4 Å². The minimum atomic E-state index is -0.345. The zero-order valence-corrected chi connectivity index (χ0v) is 15.3. The SMILES string of the molecule is CCN(C)Cc1cccc(CNC(=O)c2oc3ccc(F)cc3c2C)c1. The molecule has 0 bridgehead atoms. The van der Waals surface area contributed by atoms with Crippen LogP contribution in [0.25, 0.3) is 11.0 Å². The fraction of sp³-hybridized carbons (Fsp3) is 0.286. The third-order valence-corrected chi connectivity index (χ3v) is 4.54. The molecular weight excluding hydrogens is 331 g/mol. The van der Waals surface area contributed by atoms with E-state index in [0.29, 0.717) is 23.1 Å². The van der Waals surface area contributed by atoms with Crippen molar-refractivity contribution in [2.45, 2.75) is 26.9 Å². The van der Waals surface area contributed by atoms with Crippen molar-refractivity contribution in [1.82, 2.24) is 10.2 Å². The van der Waals surface area contributed by atoms with Crippen molar-refractivity contribution in [3.63, 3.8) is 0 Å². The molecule has 4 nitrogen and oxygen atoms in total. The lowest BCUT2D eigenvalue weighted by atomic mass is 10.1. The normalized spacial score (nSPS) is 11.3. The molecule has 5 heteroatoms. The Morgan fingerprint density at radius 3 is 2.73 bits per heavy atom. The molecule has 0 saturated heterocycles. The van der Waals surface area contributed by atoms with Gasteiger partial charge < -0.3 is 14.6 Å². The van der Waals surface area contributed by atoms with E-state index in [2.05, 4.69) is 36.3 Å². The fourth-order valence-electron chi connectivity index (χ4n) is 2.93. The van der Waals surface area contributed by atoms with Gasteiger partial charge in [-0.05, 0) is 49.8 Å². The zero-order valence-electron chi connectivity index (χ0n) is 15.3. The van der Waals surface area contributed by atoms with Crippen molar-refractivity contribution in [3.05, 3.63) is 70.7 Å². The molecule has 0 unspecified atom stereocenters. The molecule has 0 atom stereocenters. The minimum absolute atomic E-state index is 0.229. The first-order chi connectivity index (χ1) is 12.5. The van der Waals surface area contributed by atoms with Crippen molar-refractivity contribution in [2.24, 2.45) is 0 Å². The summed E-state index contributed by atoms with van der Waals surface area (Å²) < 4.78 is 19.0. The topological polar surface area (TPSA) is 45.5 Å². The molecule has 3 rings (SSSR count). The van der Waals surface area contributed by atoms with Gasteiger partial charge in [0.1, 0.15) is 11.4 Å². The maximum atomic E-state index is 13.4. The number of hydrogen-bond acceptors (Lipinski definition) is 3. The van der Waals surface area contributed by atoms with Crippen molar-refractivity contribution in [1.29, 1.82) is 0 Å². The van der Waals surface area contributed by atoms with Crippen molar-refractivity contribution < 1.29 is 13.6 Å². The van der Waals surface area contributed by atoms with Gasteiger partial charge in [-0.1, -0.05) is 31.2 Å². The number of aryl methyl sites for hydroxylation is 1. The second-order valence-electron chi connectivity index (χ2n) is 6.53. The fourth-order valence-corrected chi connectivity index (χ4v) is 2.93. The summed E-state index contributed by atoms with van der Waals surface area (Å²) in [6, 6.07) is 12.4. The van der Waals surface area contributed by atoms with Crippen molar-refractivity contribution in [2.75, 3.05) is 13.6 Å². The Morgan fingerprint density at radius 1 is 1.19 bits per heavy atom. The summed E-state index contributed by atoms with van der Waals surface area (Å²) in [5.41, 5.74) is 3.39. The second-order valence-corrected chi connectivity index (χ2v) is 6.53. The molecule has 0 aliphatic heterocycles. The number of rotatable bonds is 6. The highest BCUT2D eigenvalue weighted by Gasteiger charge is 2.17. The van der Waals surface area contributed by atoms with Gasteiger partial charge in [-0.25, -0.2) is 4.39 Å². The number of benzene rings is 2. The van der Waals surface area contributed by atoms with Crippen LogP contribution in [0.2, 0.25) is 0 Å². The van der Waals surface area contributed by atoms with Crippen LogP contribution in [0, 0.1) is 12.7 Å². The number of fused-ring (bicyclic) bond motifs is 1. The van der Waals surface area contributed by atoms with Gasteiger partial charge >= 0.3 is 0 Å².